The lowest BCUT2D eigenvalue weighted by atomic mass is 10.2. The summed E-state index contributed by atoms with van der Waals surface area (Å²) in [5.41, 5.74) is 0.983. The molecule has 1 amide bonds. The van der Waals surface area contributed by atoms with E-state index in [4.69, 9.17) is 9.26 Å². The molecule has 0 radical (unpaired) electrons. The van der Waals surface area contributed by atoms with Gasteiger partial charge in [0.1, 0.15) is 5.76 Å². The van der Waals surface area contributed by atoms with Gasteiger partial charge in [-0.25, -0.2) is 13.2 Å². The van der Waals surface area contributed by atoms with Crippen molar-refractivity contribution in [1.29, 1.82) is 0 Å². The zero-order chi connectivity index (χ0) is 22.3. The summed E-state index contributed by atoms with van der Waals surface area (Å²) in [6.45, 7) is 1.13. The molecule has 0 unspecified atom stereocenters. The van der Waals surface area contributed by atoms with Crippen LogP contribution in [-0.4, -0.2) is 32.1 Å². The molecule has 2 aromatic carbocycles. The fourth-order valence-corrected chi connectivity index (χ4v) is 3.32. The maximum Gasteiger partial charge on any atom is 0.338 e. The van der Waals surface area contributed by atoms with Crippen molar-refractivity contribution >= 4 is 39.5 Å². The Labute approximate surface area is 178 Å². The first-order valence-corrected chi connectivity index (χ1v) is 10.6. The first-order chi connectivity index (χ1) is 14.8. The zero-order valence-electron chi connectivity index (χ0n) is 16.4. The standard InChI is InChI=1S/C21H19N3O6S/c1-15-12-19(23-30-15)22-20(25)14-29-21(26)17-8-5-9-18(13-17)24-31(27,28)11-10-16-6-3-2-4-7-16/h2-13,24H,14H2,1H3,(H,22,23,25)/b11-10+. The van der Waals surface area contributed by atoms with Crippen LogP contribution in [0.15, 0.2) is 70.6 Å². The van der Waals surface area contributed by atoms with Crippen molar-refractivity contribution in [2.75, 3.05) is 16.6 Å². The molecule has 0 aliphatic carbocycles. The van der Waals surface area contributed by atoms with E-state index >= 15 is 0 Å². The summed E-state index contributed by atoms with van der Waals surface area (Å²) in [6.07, 6.45) is 1.45. The summed E-state index contributed by atoms with van der Waals surface area (Å²) in [5.74, 6) is -0.652. The van der Waals surface area contributed by atoms with Crippen LogP contribution in [0.1, 0.15) is 21.7 Å². The molecule has 3 aromatic rings. The van der Waals surface area contributed by atoms with E-state index < -0.39 is 28.5 Å². The Morgan fingerprint density at radius 3 is 2.58 bits per heavy atom. The predicted molar refractivity (Wildman–Crippen MR) is 115 cm³/mol. The summed E-state index contributed by atoms with van der Waals surface area (Å²) in [4.78, 5) is 24.0. The van der Waals surface area contributed by atoms with Gasteiger partial charge in [0.25, 0.3) is 15.9 Å². The maximum atomic E-state index is 12.3. The van der Waals surface area contributed by atoms with Crippen LogP contribution < -0.4 is 10.0 Å². The van der Waals surface area contributed by atoms with Crippen LogP contribution in [0.4, 0.5) is 11.5 Å². The summed E-state index contributed by atoms with van der Waals surface area (Å²) in [6, 6.07) is 16.2. The van der Waals surface area contributed by atoms with Gasteiger partial charge < -0.3 is 14.6 Å². The van der Waals surface area contributed by atoms with Gasteiger partial charge in [-0.15, -0.1) is 0 Å². The molecule has 0 aliphatic heterocycles. The van der Waals surface area contributed by atoms with Crippen LogP contribution in [0, 0.1) is 6.92 Å². The van der Waals surface area contributed by atoms with Crippen molar-refractivity contribution in [3.8, 4) is 0 Å². The third-order valence-electron chi connectivity index (χ3n) is 3.83. The molecule has 0 spiro atoms. The van der Waals surface area contributed by atoms with E-state index in [0.717, 1.165) is 11.0 Å². The molecule has 3 rings (SSSR count). The quantitative estimate of drug-likeness (QED) is 0.514. The molecule has 9 nitrogen and oxygen atoms in total. The molecule has 160 valence electrons. The Hall–Kier alpha value is -3.92. The fourth-order valence-electron chi connectivity index (χ4n) is 2.46. The van der Waals surface area contributed by atoms with Gasteiger partial charge in [0, 0.05) is 11.8 Å². The van der Waals surface area contributed by atoms with Crippen LogP contribution in [0.5, 0.6) is 0 Å². The molecule has 10 heteroatoms. The third-order valence-corrected chi connectivity index (χ3v) is 4.84. The average molecular weight is 441 g/mol. The van der Waals surface area contributed by atoms with Crippen molar-refractivity contribution in [3.63, 3.8) is 0 Å². The van der Waals surface area contributed by atoms with Crippen molar-refractivity contribution in [3.05, 3.63) is 83.0 Å². The number of rotatable bonds is 8. The normalized spacial score (nSPS) is 11.3. The van der Waals surface area contributed by atoms with Gasteiger partial charge in [0.05, 0.1) is 11.0 Å². The molecule has 2 N–H and O–H groups in total. The summed E-state index contributed by atoms with van der Waals surface area (Å²) in [5, 5.41) is 7.05. The number of amides is 1. The molecule has 1 heterocycles. The fraction of sp³-hybridized carbons (Fsp3) is 0.0952. The lowest BCUT2D eigenvalue weighted by molar-refractivity contribution is -0.119. The van der Waals surface area contributed by atoms with Gasteiger partial charge in [-0.05, 0) is 36.8 Å². The maximum absolute atomic E-state index is 12.3. The number of nitrogens with zero attached hydrogens (tertiary/aromatic N) is 1. The first kappa shape index (κ1) is 21.8. The van der Waals surface area contributed by atoms with Crippen LogP contribution in [0.2, 0.25) is 0 Å². The highest BCUT2D eigenvalue weighted by molar-refractivity contribution is 7.95. The number of ether oxygens (including phenoxy) is 1. The van der Waals surface area contributed by atoms with Gasteiger partial charge >= 0.3 is 5.97 Å². The summed E-state index contributed by atoms with van der Waals surface area (Å²) in [7, 11) is -3.80. The number of benzene rings is 2. The lowest BCUT2D eigenvalue weighted by Crippen LogP contribution is -2.21. The third kappa shape index (κ3) is 6.82. The molecular formula is C21H19N3O6S. The number of nitrogens with one attached hydrogen (secondary N) is 2. The predicted octanol–water partition coefficient (Wildman–Crippen LogP) is 3.19. The SMILES string of the molecule is Cc1cc(NC(=O)COC(=O)c2cccc(NS(=O)(=O)/C=C/c3ccccc3)c2)no1. The number of esters is 1. The Morgan fingerprint density at radius 1 is 1.10 bits per heavy atom. The van der Waals surface area contributed by atoms with Gasteiger partial charge in [-0.1, -0.05) is 41.6 Å². The number of aromatic nitrogens is 1. The zero-order valence-corrected chi connectivity index (χ0v) is 17.3. The number of hydrogen-bond donors (Lipinski definition) is 2. The Kier molecular flexibility index (Phi) is 6.83. The average Bonchev–Trinajstić information content (AvgIpc) is 3.15. The number of anilines is 2. The van der Waals surface area contributed by atoms with E-state index in [2.05, 4.69) is 15.2 Å². The van der Waals surface area contributed by atoms with E-state index in [1.54, 1.807) is 31.2 Å². The second kappa shape index (κ2) is 9.72. The van der Waals surface area contributed by atoms with E-state index in [0.29, 0.717) is 5.76 Å². The van der Waals surface area contributed by atoms with Gasteiger partial charge in [-0.3, -0.25) is 9.52 Å². The largest absolute Gasteiger partial charge is 0.452 e. The molecule has 0 fully saturated rings. The highest BCUT2D eigenvalue weighted by Gasteiger charge is 2.13. The van der Waals surface area contributed by atoms with E-state index in [1.807, 2.05) is 6.07 Å². The topological polar surface area (TPSA) is 128 Å². The molecule has 1 aromatic heterocycles. The van der Waals surface area contributed by atoms with E-state index in [1.165, 1.54) is 36.4 Å². The lowest BCUT2D eigenvalue weighted by Gasteiger charge is -2.08. The van der Waals surface area contributed by atoms with Crippen LogP contribution in [0.25, 0.3) is 6.08 Å². The summed E-state index contributed by atoms with van der Waals surface area (Å²) >= 11 is 0. The van der Waals surface area contributed by atoms with Crippen LogP contribution >= 0.6 is 0 Å². The van der Waals surface area contributed by atoms with E-state index in [-0.39, 0.29) is 17.1 Å². The second-order valence-electron chi connectivity index (χ2n) is 6.39. The molecular weight excluding hydrogens is 422 g/mol. The Bertz CT molecular complexity index is 1200. The number of carbonyl (C=O) groups excluding carboxylic acids is 2. The highest BCUT2D eigenvalue weighted by atomic mass is 32.2. The van der Waals surface area contributed by atoms with Crippen LogP contribution in [-0.2, 0) is 19.6 Å². The minimum atomic E-state index is -3.80. The minimum absolute atomic E-state index is 0.0809. The number of sulfonamides is 1. The monoisotopic (exact) mass is 441 g/mol. The number of aryl methyl sites for hydroxylation is 1. The molecule has 0 saturated heterocycles. The number of carbonyl (C=O) groups is 2. The van der Waals surface area contributed by atoms with Gasteiger partial charge in [0.15, 0.2) is 12.4 Å². The van der Waals surface area contributed by atoms with Gasteiger partial charge in [0.2, 0.25) is 0 Å². The van der Waals surface area contributed by atoms with Gasteiger partial charge in [-0.2, -0.15) is 0 Å². The van der Waals surface area contributed by atoms with Crippen LogP contribution in [0.3, 0.4) is 0 Å². The Morgan fingerprint density at radius 2 is 1.87 bits per heavy atom. The van der Waals surface area contributed by atoms with Crippen molar-refractivity contribution in [2.24, 2.45) is 0 Å². The second-order valence-corrected chi connectivity index (χ2v) is 7.95. The van der Waals surface area contributed by atoms with Crippen molar-refractivity contribution < 1.29 is 27.3 Å². The molecule has 0 bridgehead atoms. The van der Waals surface area contributed by atoms with E-state index in [9.17, 15) is 18.0 Å². The first-order valence-electron chi connectivity index (χ1n) is 9.07. The molecule has 31 heavy (non-hydrogen) atoms. The highest BCUT2D eigenvalue weighted by Crippen LogP contribution is 2.15. The number of hydrogen-bond acceptors (Lipinski definition) is 7. The molecule has 0 aliphatic rings. The Balaban J connectivity index is 1.58. The van der Waals surface area contributed by atoms with Crippen molar-refractivity contribution in [1.82, 2.24) is 5.16 Å². The summed E-state index contributed by atoms with van der Waals surface area (Å²) < 4.78 is 36.7. The molecule has 0 saturated carbocycles. The smallest absolute Gasteiger partial charge is 0.338 e. The molecule has 0 atom stereocenters. The minimum Gasteiger partial charge on any atom is -0.452 e. The van der Waals surface area contributed by atoms with Crippen molar-refractivity contribution in [2.45, 2.75) is 6.92 Å².